The predicted molar refractivity (Wildman–Crippen MR) is 215 cm³/mol. The van der Waals surface area contributed by atoms with Crippen LogP contribution in [0.4, 0.5) is 5.69 Å². The Morgan fingerprint density at radius 2 is 1.50 bits per heavy atom. The molecule has 3 aromatic rings. The fraction of sp³-hybridized carbons (Fsp3) is 0.667. The van der Waals surface area contributed by atoms with Crippen molar-refractivity contribution >= 4 is 19.0 Å². The van der Waals surface area contributed by atoms with Gasteiger partial charge >= 0.3 is 7.82 Å². The minimum absolute atomic E-state index is 0.131. The number of rotatable bonds is 29. The first kappa shape index (κ1) is 45.8. The van der Waals surface area contributed by atoms with Gasteiger partial charge in [0.2, 0.25) is 5.60 Å². The van der Waals surface area contributed by atoms with Crippen molar-refractivity contribution in [1.82, 2.24) is 9.61 Å². The smallest absolute Gasteiger partial charge is 0.397 e. The summed E-state index contributed by atoms with van der Waals surface area (Å²) < 4.78 is 43.1. The van der Waals surface area contributed by atoms with E-state index in [4.69, 9.17) is 29.0 Å². The van der Waals surface area contributed by atoms with Crippen molar-refractivity contribution in [2.24, 2.45) is 0 Å². The van der Waals surface area contributed by atoms with Crippen LogP contribution >= 0.6 is 7.82 Å². The van der Waals surface area contributed by atoms with Crippen molar-refractivity contribution < 1.29 is 42.9 Å². The Kier molecular flexibility index (Phi) is 19.7. The molecule has 14 heteroatoms. The number of aliphatic hydroxyl groups excluding tert-OH is 2. The van der Waals surface area contributed by atoms with Crippen molar-refractivity contribution in [3.63, 3.8) is 0 Å². The van der Waals surface area contributed by atoms with Crippen molar-refractivity contribution in [3.8, 4) is 6.07 Å². The van der Waals surface area contributed by atoms with Gasteiger partial charge in [-0.1, -0.05) is 134 Å². The molecule has 0 aliphatic carbocycles. The van der Waals surface area contributed by atoms with Crippen LogP contribution in [0.15, 0.2) is 54.7 Å². The van der Waals surface area contributed by atoms with E-state index in [2.05, 4.69) is 12.0 Å². The first-order valence-electron chi connectivity index (χ1n) is 20.7. The van der Waals surface area contributed by atoms with E-state index in [0.717, 1.165) is 24.8 Å². The summed E-state index contributed by atoms with van der Waals surface area (Å²) in [6.07, 6.45) is 16.2. The number of nitrogens with zero attached hydrogens (tertiary/aromatic N) is 3. The number of nitriles is 1. The molecule has 1 unspecified atom stereocenters. The number of aliphatic hydroxyl groups is 2. The predicted octanol–water partition coefficient (Wildman–Crippen LogP) is 8.14. The lowest BCUT2D eigenvalue weighted by atomic mass is 9.92. The third-order valence-electron chi connectivity index (χ3n) is 10.6. The molecule has 3 heterocycles. The molecule has 0 radical (unpaired) electrons. The lowest BCUT2D eigenvalue weighted by Crippen LogP contribution is -2.41. The number of phosphoric acid groups is 1. The van der Waals surface area contributed by atoms with E-state index < -0.39 is 50.6 Å². The minimum atomic E-state index is -4.73. The van der Waals surface area contributed by atoms with Gasteiger partial charge in [0.1, 0.15) is 30.5 Å². The molecule has 56 heavy (non-hydrogen) atoms. The fourth-order valence-electron chi connectivity index (χ4n) is 7.13. The number of hydrogen-bond acceptors (Lipinski definition) is 11. The number of ether oxygens (including phenoxy) is 3. The van der Waals surface area contributed by atoms with Crippen LogP contribution in [0.2, 0.25) is 0 Å². The molecule has 13 nitrogen and oxygen atoms in total. The molecule has 0 spiro atoms. The molecule has 0 saturated carbocycles. The van der Waals surface area contributed by atoms with Gasteiger partial charge in [-0.15, -0.1) is 0 Å². The number of anilines is 1. The Balaban J connectivity index is 1.18. The number of nitrogen functional groups attached to an aromatic ring is 1. The highest BCUT2D eigenvalue weighted by Gasteiger charge is 2.58. The van der Waals surface area contributed by atoms with Crippen LogP contribution in [0.5, 0.6) is 0 Å². The maximum Gasteiger partial charge on any atom is 0.472 e. The second-order valence-electron chi connectivity index (χ2n) is 15.0. The number of nitrogens with two attached hydrogens (primary N) is 1. The number of benzene rings is 1. The molecule has 1 aliphatic rings. The zero-order valence-corrected chi connectivity index (χ0v) is 34.3. The zero-order valence-electron chi connectivity index (χ0n) is 33.4. The highest BCUT2D eigenvalue weighted by molar-refractivity contribution is 7.47. The van der Waals surface area contributed by atoms with Gasteiger partial charge < -0.3 is 35.1 Å². The summed E-state index contributed by atoms with van der Waals surface area (Å²) in [5, 5.41) is 36.2. The number of unbranched alkanes of at least 4 members (excludes halogenated alkanes) is 15. The number of hydrogen-bond donors (Lipinski definition) is 4. The Morgan fingerprint density at radius 3 is 2.11 bits per heavy atom. The normalized spacial score (nSPS) is 21.9. The topological polar surface area (TPSA) is 191 Å². The molecule has 1 aliphatic heterocycles. The van der Waals surface area contributed by atoms with Crippen molar-refractivity contribution in [2.45, 2.75) is 159 Å². The minimum Gasteiger partial charge on any atom is -0.397 e. The van der Waals surface area contributed by atoms with Crippen molar-refractivity contribution in [3.05, 3.63) is 66.0 Å². The van der Waals surface area contributed by atoms with Crippen LogP contribution in [-0.4, -0.2) is 75.1 Å². The van der Waals surface area contributed by atoms with Gasteiger partial charge in [0.25, 0.3) is 0 Å². The SMILES string of the molecule is CCCCCCCCCCCCCCCCCCO[C@@H](C)[C@H](COP(=O)(O)OC[C@H]1O[C@@](C#N)(c2ccc3c(N)ccnn23)[C@H](O)[C@@H]1O)OCc1ccccc1. The summed E-state index contributed by atoms with van der Waals surface area (Å²) in [6, 6.07) is 16.2. The molecule has 2 aromatic heterocycles. The van der Waals surface area contributed by atoms with Gasteiger partial charge in [-0.25, -0.2) is 9.08 Å². The first-order chi connectivity index (χ1) is 27.1. The number of aromatic nitrogens is 2. The quantitative estimate of drug-likeness (QED) is 0.0390. The lowest BCUT2D eigenvalue weighted by Gasteiger charge is -2.26. The molecular formula is C42H65N4O9P. The van der Waals surface area contributed by atoms with Gasteiger partial charge in [0.05, 0.1) is 42.8 Å². The largest absolute Gasteiger partial charge is 0.472 e. The van der Waals surface area contributed by atoms with E-state index in [-0.39, 0.29) is 18.9 Å². The summed E-state index contributed by atoms with van der Waals surface area (Å²) in [6.45, 7) is 3.89. The third kappa shape index (κ3) is 13.9. The lowest BCUT2D eigenvalue weighted by molar-refractivity contribution is -0.0934. The molecule has 0 amide bonds. The average Bonchev–Trinajstić information content (AvgIpc) is 3.75. The van der Waals surface area contributed by atoms with Gasteiger partial charge in [0, 0.05) is 12.8 Å². The maximum atomic E-state index is 13.1. The average molecular weight is 801 g/mol. The van der Waals surface area contributed by atoms with Gasteiger partial charge in [-0.3, -0.25) is 9.05 Å². The number of fused-ring (bicyclic) bond motifs is 1. The zero-order chi connectivity index (χ0) is 40.2. The molecular weight excluding hydrogens is 735 g/mol. The van der Waals surface area contributed by atoms with Crippen LogP contribution in [0.3, 0.4) is 0 Å². The third-order valence-corrected chi connectivity index (χ3v) is 11.6. The Bertz CT molecular complexity index is 1640. The van der Waals surface area contributed by atoms with E-state index in [1.165, 1.54) is 100 Å². The van der Waals surface area contributed by atoms with Crippen molar-refractivity contribution in [2.75, 3.05) is 25.6 Å². The maximum absolute atomic E-state index is 13.1. The molecule has 1 saturated heterocycles. The van der Waals surface area contributed by atoms with Gasteiger partial charge in [-0.2, -0.15) is 10.4 Å². The molecule has 1 fully saturated rings. The second-order valence-corrected chi connectivity index (χ2v) is 16.5. The van der Waals surface area contributed by atoms with Crippen LogP contribution in [-0.2, 0) is 40.0 Å². The highest BCUT2D eigenvalue weighted by Crippen LogP contribution is 2.46. The van der Waals surface area contributed by atoms with E-state index in [1.54, 1.807) is 12.1 Å². The van der Waals surface area contributed by atoms with Crippen LogP contribution in [0.25, 0.3) is 5.52 Å². The van der Waals surface area contributed by atoms with Gasteiger partial charge in [-0.05, 0) is 37.1 Å². The van der Waals surface area contributed by atoms with Crippen LogP contribution < -0.4 is 5.73 Å². The molecule has 0 bridgehead atoms. The van der Waals surface area contributed by atoms with E-state index in [9.17, 15) is 24.9 Å². The summed E-state index contributed by atoms with van der Waals surface area (Å²) in [7, 11) is -4.73. The van der Waals surface area contributed by atoms with Crippen LogP contribution in [0.1, 0.15) is 128 Å². The molecule has 5 N–H and O–H groups in total. The Morgan fingerprint density at radius 1 is 0.893 bits per heavy atom. The summed E-state index contributed by atoms with van der Waals surface area (Å²) >= 11 is 0. The summed E-state index contributed by atoms with van der Waals surface area (Å²) in [5.74, 6) is 0. The summed E-state index contributed by atoms with van der Waals surface area (Å²) in [4.78, 5) is 10.6. The Labute approximate surface area is 333 Å². The first-order valence-corrected chi connectivity index (χ1v) is 22.2. The monoisotopic (exact) mass is 800 g/mol. The molecule has 7 atom stereocenters. The highest BCUT2D eigenvalue weighted by atomic mass is 31.2. The number of phosphoric ester groups is 1. The standard InChI is InChI=1S/C42H65N4O9P/c1-3-4-5-6-7-8-9-10-11-12-13-14-15-16-17-21-28-51-33(2)37(52-29-34-22-19-18-20-23-34)30-53-56(49,50)54-31-38-40(47)41(48)42(32-43,55-38)39-25-24-36-35(44)26-27-45-46(36)39/h18-20,22-27,33,37-38,40-41,47-48H,3-17,21,28-31,44H2,1-2H3,(H,49,50)/t33-,37-,38+,40+,41+,42-/m0/s1. The van der Waals surface area contributed by atoms with E-state index in [0.29, 0.717) is 17.8 Å². The van der Waals surface area contributed by atoms with Crippen molar-refractivity contribution in [1.29, 1.82) is 5.26 Å². The van der Waals surface area contributed by atoms with E-state index >= 15 is 0 Å². The fourth-order valence-corrected chi connectivity index (χ4v) is 7.88. The molecule has 312 valence electrons. The molecule has 4 rings (SSSR count). The van der Waals surface area contributed by atoms with Crippen LogP contribution in [0, 0.1) is 11.3 Å². The summed E-state index contributed by atoms with van der Waals surface area (Å²) in [5.41, 5.74) is 5.88. The van der Waals surface area contributed by atoms with Gasteiger partial charge in [0.15, 0.2) is 0 Å². The van der Waals surface area contributed by atoms with E-state index in [1.807, 2.05) is 43.3 Å². The molecule has 1 aromatic carbocycles. The Hall–Kier alpha value is -2.89. The second kappa shape index (κ2) is 24.1.